The first-order valence-electron chi connectivity index (χ1n) is 9.57. The summed E-state index contributed by atoms with van der Waals surface area (Å²) < 4.78 is 7.50. The molecule has 3 heterocycles. The Morgan fingerprint density at radius 2 is 2.11 bits per heavy atom. The Kier molecular flexibility index (Phi) is 7.04. The average molecular weight is 368 g/mol. The second-order valence-electron chi connectivity index (χ2n) is 6.84. The Balaban J connectivity index is 1.38. The van der Waals surface area contributed by atoms with Crippen LogP contribution in [0.2, 0.25) is 0 Å². The van der Waals surface area contributed by atoms with Crippen LogP contribution in [0.3, 0.4) is 0 Å². The van der Waals surface area contributed by atoms with Gasteiger partial charge in [0.05, 0.1) is 0 Å². The van der Waals surface area contributed by atoms with Crippen LogP contribution in [-0.4, -0.2) is 46.6 Å². The second kappa shape index (κ2) is 9.92. The predicted octanol–water partition coefficient (Wildman–Crippen LogP) is 2.77. The molecule has 2 aromatic rings. The number of rotatable bonds is 8. The third-order valence-electron chi connectivity index (χ3n) is 4.71. The fourth-order valence-corrected chi connectivity index (χ4v) is 3.23. The monoisotopic (exact) mass is 368 g/mol. The van der Waals surface area contributed by atoms with Crippen LogP contribution in [0.4, 0.5) is 0 Å². The zero-order valence-electron chi connectivity index (χ0n) is 15.9. The number of carbonyl (C=O) groups is 1. The van der Waals surface area contributed by atoms with Gasteiger partial charge in [-0.05, 0) is 55.8 Å². The molecule has 0 aliphatic carbocycles. The van der Waals surface area contributed by atoms with Gasteiger partial charge < -0.3 is 14.6 Å². The van der Waals surface area contributed by atoms with Gasteiger partial charge >= 0.3 is 0 Å². The topological polar surface area (TPSA) is 59.4 Å². The quantitative estimate of drug-likeness (QED) is 0.728. The van der Waals surface area contributed by atoms with Crippen LogP contribution in [0.5, 0.6) is 5.88 Å². The third-order valence-corrected chi connectivity index (χ3v) is 4.71. The molecule has 0 unspecified atom stereocenters. The molecule has 0 atom stereocenters. The van der Waals surface area contributed by atoms with Crippen molar-refractivity contribution in [1.82, 2.24) is 19.8 Å². The number of piperidine rings is 1. The van der Waals surface area contributed by atoms with Crippen molar-refractivity contribution in [1.29, 1.82) is 0 Å². The maximum atomic E-state index is 12.0. The van der Waals surface area contributed by atoms with Gasteiger partial charge in [-0.1, -0.05) is 12.5 Å². The Labute approximate surface area is 160 Å². The van der Waals surface area contributed by atoms with Gasteiger partial charge in [0.1, 0.15) is 12.3 Å². The summed E-state index contributed by atoms with van der Waals surface area (Å²) in [6.45, 7) is 4.21. The number of hydrogen-bond acceptors (Lipinski definition) is 4. The molecule has 1 aliphatic rings. The zero-order valence-corrected chi connectivity index (χ0v) is 15.9. The van der Waals surface area contributed by atoms with E-state index in [2.05, 4.69) is 21.3 Å². The first-order chi connectivity index (χ1) is 13.2. The molecule has 27 heavy (non-hydrogen) atoms. The molecule has 1 amide bonds. The van der Waals surface area contributed by atoms with Gasteiger partial charge in [0.25, 0.3) is 5.91 Å². The van der Waals surface area contributed by atoms with Gasteiger partial charge in [-0.2, -0.15) is 0 Å². The van der Waals surface area contributed by atoms with E-state index >= 15 is 0 Å². The van der Waals surface area contributed by atoms with E-state index in [-0.39, 0.29) is 5.91 Å². The molecule has 144 valence electrons. The Hall–Kier alpha value is -2.60. The highest BCUT2D eigenvalue weighted by Crippen LogP contribution is 2.15. The summed E-state index contributed by atoms with van der Waals surface area (Å²) in [6.07, 6.45) is 11.4. The van der Waals surface area contributed by atoms with Crippen LogP contribution >= 0.6 is 0 Å². The lowest BCUT2D eigenvalue weighted by molar-refractivity contribution is 0.0950. The minimum Gasteiger partial charge on any atom is -0.473 e. The predicted molar refractivity (Wildman–Crippen MR) is 106 cm³/mol. The lowest BCUT2D eigenvalue weighted by atomic mass is 10.1. The van der Waals surface area contributed by atoms with E-state index in [1.165, 1.54) is 37.9 Å². The summed E-state index contributed by atoms with van der Waals surface area (Å²) >= 11 is 0. The number of nitrogens with zero attached hydrogens (tertiary/aromatic N) is 3. The number of hydrogen-bond donors (Lipinski definition) is 1. The van der Waals surface area contributed by atoms with Crippen molar-refractivity contribution in [3.8, 4) is 5.88 Å². The highest BCUT2D eigenvalue weighted by Gasteiger charge is 2.11. The number of pyridine rings is 1. The summed E-state index contributed by atoms with van der Waals surface area (Å²) in [4.78, 5) is 18.7. The molecule has 6 nitrogen and oxygen atoms in total. The highest BCUT2D eigenvalue weighted by atomic mass is 16.5. The summed E-state index contributed by atoms with van der Waals surface area (Å²) in [5, 5.41) is 2.86. The van der Waals surface area contributed by atoms with E-state index in [4.69, 9.17) is 4.74 Å². The summed E-state index contributed by atoms with van der Waals surface area (Å²) in [7, 11) is 1.85. The smallest absolute Gasteiger partial charge is 0.268 e. The van der Waals surface area contributed by atoms with E-state index in [0.717, 1.165) is 6.54 Å². The van der Waals surface area contributed by atoms with Gasteiger partial charge in [-0.3, -0.25) is 9.69 Å². The van der Waals surface area contributed by atoms with Crippen molar-refractivity contribution in [2.24, 2.45) is 7.05 Å². The van der Waals surface area contributed by atoms with Crippen LogP contribution in [0.25, 0.3) is 0 Å². The largest absolute Gasteiger partial charge is 0.473 e. The number of ether oxygens (including phenoxy) is 1. The molecule has 1 aliphatic heterocycles. The van der Waals surface area contributed by atoms with Crippen molar-refractivity contribution in [2.45, 2.75) is 25.8 Å². The standard InChI is InChI=1S/C21H28N4O2/c1-24-12-7-8-19(24)21(26)23-10-3-6-15-27-20-16-18(9-11-22-20)17-25-13-4-2-5-14-25/h3,6-9,11-12,16H,2,4-5,10,13-15,17H2,1H3,(H,23,26)/b6-3-. The van der Waals surface area contributed by atoms with Crippen molar-refractivity contribution < 1.29 is 9.53 Å². The van der Waals surface area contributed by atoms with E-state index in [0.29, 0.717) is 24.7 Å². The molecule has 1 fully saturated rings. The highest BCUT2D eigenvalue weighted by molar-refractivity contribution is 5.92. The molecule has 1 saturated heterocycles. The van der Waals surface area contributed by atoms with Crippen LogP contribution in [0.15, 0.2) is 48.8 Å². The second-order valence-corrected chi connectivity index (χ2v) is 6.84. The van der Waals surface area contributed by atoms with Crippen LogP contribution in [0, 0.1) is 0 Å². The molecule has 0 aromatic carbocycles. The number of carbonyl (C=O) groups excluding carboxylic acids is 1. The van der Waals surface area contributed by atoms with Gasteiger partial charge in [0.2, 0.25) is 5.88 Å². The van der Waals surface area contributed by atoms with Gasteiger partial charge in [-0.15, -0.1) is 0 Å². The van der Waals surface area contributed by atoms with E-state index < -0.39 is 0 Å². The molecule has 1 N–H and O–H groups in total. The molecule has 2 aromatic heterocycles. The number of nitrogens with one attached hydrogen (secondary N) is 1. The first-order valence-corrected chi connectivity index (χ1v) is 9.57. The first kappa shape index (κ1) is 19.2. The van der Waals surface area contributed by atoms with E-state index in [9.17, 15) is 4.79 Å². The van der Waals surface area contributed by atoms with Gasteiger partial charge in [-0.25, -0.2) is 4.98 Å². The number of aromatic nitrogens is 2. The van der Waals surface area contributed by atoms with Gasteiger partial charge in [0.15, 0.2) is 0 Å². The Morgan fingerprint density at radius 1 is 1.26 bits per heavy atom. The van der Waals surface area contributed by atoms with Crippen molar-refractivity contribution >= 4 is 5.91 Å². The molecule has 0 radical (unpaired) electrons. The third kappa shape index (κ3) is 5.96. The Morgan fingerprint density at radius 3 is 2.89 bits per heavy atom. The fourth-order valence-electron chi connectivity index (χ4n) is 3.23. The van der Waals surface area contributed by atoms with Crippen LogP contribution in [0.1, 0.15) is 35.3 Å². The maximum absolute atomic E-state index is 12.0. The molecule has 0 bridgehead atoms. The maximum Gasteiger partial charge on any atom is 0.268 e. The van der Waals surface area contributed by atoms with Crippen molar-refractivity contribution in [2.75, 3.05) is 26.2 Å². The molecular weight excluding hydrogens is 340 g/mol. The number of likely N-dealkylation sites (tertiary alicyclic amines) is 1. The van der Waals surface area contributed by atoms with E-state index in [1.54, 1.807) is 16.8 Å². The molecule has 3 rings (SSSR count). The zero-order chi connectivity index (χ0) is 18.9. The number of amides is 1. The lowest BCUT2D eigenvalue weighted by Gasteiger charge is -2.26. The molecule has 0 saturated carbocycles. The Bertz CT molecular complexity index is 763. The van der Waals surface area contributed by atoms with Gasteiger partial charge in [0, 0.05) is 38.6 Å². The van der Waals surface area contributed by atoms with Crippen molar-refractivity contribution in [3.63, 3.8) is 0 Å². The number of aryl methyl sites for hydroxylation is 1. The van der Waals surface area contributed by atoms with E-state index in [1.807, 2.05) is 37.5 Å². The summed E-state index contributed by atoms with van der Waals surface area (Å²) in [6, 6.07) is 7.71. The summed E-state index contributed by atoms with van der Waals surface area (Å²) in [5.41, 5.74) is 1.88. The molecule has 0 spiro atoms. The van der Waals surface area contributed by atoms with Crippen molar-refractivity contribution in [3.05, 3.63) is 60.1 Å². The van der Waals surface area contributed by atoms with Crippen LogP contribution < -0.4 is 10.1 Å². The fraction of sp³-hybridized carbons (Fsp3) is 0.429. The SMILES string of the molecule is Cn1cccc1C(=O)NC/C=C\COc1cc(CN2CCCCC2)ccn1. The summed E-state index contributed by atoms with van der Waals surface area (Å²) in [5.74, 6) is 0.558. The minimum atomic E-state index is -0.0832. The molecular formula is C21H28N4O2. The van der Waals surface area contributed by atoms with Crippen LogP contribution in [-0.2, 0) is 13.6 Å². The normalized spacial score (nSPS) is 15.1. The average Bonchev–Trinajstić information content (AvgIpc) is 3.11. The minimum absolute atomic E-state index is 0.0832. The lowest BCUT2D eigenvalue weighted by Crippen LogP contribution is -2.29. The molecule has 6 heteroatoms.